The molecule has 2 heterocycles. The first-order valence-electron chi connectivity index (χ1n) is 6.04. The minimum Gasteiger partial charge on any atom is -0.360 e. The molecule has 2 rings (SSSR count). The fourth-order valence-electron chi connectivity index (χ4n) is 1.35. The van der Waals surface area contributed by atoms with E-state index < -0.39 is 0 Å². The molecular weight excluding hydrogens is 264 g/mol. The highest BCUT2D eigenvalue weighted by molar-refractivity contribution is 7.23. The third kappa shape index (κ3) is 3.05. The van der Waals surface area contributed by atoms with Gasteiger partial charge in [-0.15, -0.1) is 21.5 Å². The van der Waals surface area contributed by atoms with E-state index in [2.05, 4.69) is 48.2 Å². The first kappa shape index (κ1) is 13.4. The highest BCUT2D eigenvalue weighted by Crippen LogP contribution is 2.34. The molecule has 0 saturated heterocycles. The predicted molar refractivity (Wildman–Crippen MR) is 78.5 cm³/mol. The Labute approximate surface area is 116 Å². The lowest BCUT2D eigenvalue weighted by Gasteiger charge is -2.13. The van der Waals surface area contributed by atoms with Gasteiger partial charge in [-0.3, -0.25) is 0 Å². The zero-order valence-corrected chi connectivity index (χ0v) is 12.8. The van der Waals surface area contributed by atoms with Gasteiger partial charge in [-0.1, -0.05) is 39.0 Å². The summed E-state index contributed by atoms with van der Waals surface area (Å²) < 4.78 is 0. The van der Waals surface area contributed by atoms with E-state index in [0.717, 1.165) is 33.0 Å². The molecule has 0 amide bonds. The molecule has 0 aliphatic rings. The van der Waals surface area contributed by atoms with Crippen molar-refractivity contribution in [2.75, 3.05) is 11.9 Å². The van der Waals surface area contributed by atoms with Gasteiger partial charge in [0.25, 0.3) is 0 Å². The number of thiazole rings is 1. The van der Waals surface area contributed by atoms with Crippen LogP contribution in [-0.2, 0) is 5.41 Å². The summed E-state index contributed by atoms with van der Waals surface area (Å²) in [5.41, 5.74) is 0.0941. The van der Waals surface area contributed by atoms with Crippen molar-refractivity contribution in [2.45, 2.75) is 39.5 Å². The van der Waals surface area contributed by atoms with E-state index in [1.54, 1.807) is 22.7 Å². The van der Waals surface area contributed by atoms with Gasteiger partial charge in [-0.25, -0.2) is 4.98 Å². The van der Waals surface area contributed by atoms with Gasteiger partial charge in [0.15, 0.2) is 5.01 Å². The quantitative estimate of drug-likeness (QED) is 0.927. The van der Waals surface area contributed by atoms with Crippen molar-refractivity contribution in [2.24, 2.45) is 0 Å². The van der Waals surface area contributed by atoms with Crippen molar-refractivity contribution in [1.82, 2.24) is 15.2 Å². The van der Waals surface area contributed by atoms with Gasteiger partial charge >= 0.3 is 0 Å². The lowest BCUT2D eigenvalue weighted by atomic mass is 9.98. The summed E-state index contributed by atoms with van der Waals surface area (Å²) in [5.74, 6) is 0. The fraction of sp³-hybridized carbons (Fsp3) is 0.583. The summed E-state index contributed by atoms with van der Waals surface area (Å²) in [5, 5.41) is 14.6. The SMILES string of the molecule is CCCNc1nnc(-c2cnc(C(C)(C)C)s2)s1. The molecule has 4 nitrogen and oxygen atoms in total. The Balaban J connectivity index is 2.16. The second-order valence-electron chi connectivity index (χ2n) is 5.12. The van der Waals surface area contributed by atoms with Crippen LogP contribution in [-0.4, -0.2) is 21.7 Å². The van der Waals surface area contributed by atoms with Crippen LogP contribution in [0.1, 0.15) is 39.1 Å². The number of hydrogen-bond acceptors (Lipinski definition) is 6. The summed E-state index contributed by atoms with van der Waals surface area (Å²) in [4.78, 5) is 5.57. The molecule has 18 heavy (non-hydrogen) atoms. The van der Waals surface area contributed by atoms with Gasteiger partial charge in [0.05, 0.1) is 9.88 Å². The molecule has 0 aliphatic heterocycles. The second-order valence-corrected chi connectivity index (χ2v) is 7.13. The van der Waals surface area contributed by atoms with E-state index in [1.165, 1.54) is 0 Å². The van der Waals surface area contributed by atoms with Gasteiger partial charge in [0.1, 0.15) is 0 Å². The summed E-state index contributed by atoms with van der Waals surface area (Å²) >= 11 is 3.29. The minimum absolute atomic E-state index is 0.0941. The van der Waals surface area contributed by atoms with Gasteiger partial charge in [0.2, 0.25) is 5.13 Å². The topological polar surface area (TPSA) is 50.7 Å². The summed E-state index contributed by atoms with van der Waals surface area (Å²) in [6.07, 6.45) is 2.99. The van der Waals surface area contributed by atoms with Crippen molar-refractivity contribution < 1.29 is 0 Å². The Hall–Kier alpha value is -1.01. The summed E-state index contributed by atoms with van der Waals surface area (Å²) in [7, 11) is 0. The van der Waals surface area contributed by atoms with Crippen molar-refractivity contribution in [3.8, 4) is 9.88 Å². The van der Waals surface area contributed by atoms with Crippen LogP contribution in [0.15, 0.2) is 6.20 Å². The molecular formula is C12H18N4S2. The van der Waals surface area contributed by atoms with Gasteiger partial charge in [-0.05, 0) is 6.42 Å². The van der Waals surface area contributed by atoms with Crippen LogP contribution in [0.3, 0.4) is 0 Å². The van der Waals surface area contributed by atoms with Crippen LogP contribution in [0.5, 0.6) is 0 Å². The third-order valence-corrected chi connectivity index (χ3v) is 4.78. The molecule has 0 saturated carbocycles. The standard InChI is InChI=1S/C12H18N4S2/c1-5-6-13-11-16-15-9(18-11)8-7-14-10(17-8)12(2,3)4/h7H,5-6H2,1-4H3,(H,13,16). The lowest BCUT2D eigenvalue weighted by molar-refractivity contribution is 0.585. The number of rotatable bonds is 4. The van der Waals surface area contributed by atoms with E-state index in [9.17, 15) is 0 Å². The maximum Gasteiger partial charge on any atom is 0.206 e. The number of nitrogens with zero attached hydrogens (tertiary/aromatic N) is 3. The van der Waals surface area contributed by atoms with Crippen LogP contribution < -0.4 is 5.32 Å². The molecule has 0 aliphatic carbocycles. The van der Waals surface area contributed by atoms with Crippen LogP contribution >= 0.6 is 22.7 Å². The lowest BCUT2D eigenvalue weighted by Crippen LogP contribution is -2.09. The summed E-state index contributed by atoms with van der Waals surface area (Å²) in [6.45, 7) is 9.58. The second kappa shape index (κ2) is 5.32. The average Bonchev–Trinajstić information content (AvgIpc) is 2.93. The Morgan fingerprint density at radius 1 is 1.22 bits per heavy atom. The first-order valence-corrected chi connectivity index (χ1v) is 7.68. The normalized spacial score (nSPS) is 11.8. The van der Waals surface area contributed by atoms with Gasteiger partial charge < -0.3 is 5.32 Å². The molecule has 0 fully saturated rings. The first-order chi connectivity index (χ1) is 8.50. The molecule has 0 spiro atoms. The molecule has 0 aromatic carbocycles. The average molecular weight is 282 g/mol. The van der Waals surface area contributed by atoms with Gasteiger partial charge in [-0.2, -0.15) is 0 Å². The van der Waals surface area contributed by atoms with E-state index in [-0.39, 0.29) is 5.41 Å². The number of nitrogens with one attached hydrogen (secondary N) is 1. The molecule has 2 aromatic heterocycles. The Bertz CT molecular complexity index is 510. The molecule has 2 aromatic rings. The van der Waals surface area contributed by atoms with Crippen LogP contribution in [0.2, 0.25) is 0 Å². The Morgan fingerprint density at radius 2 is 2.00 bits per heavy atom. The maximum atomic E-state index is 4.47. The predicted octanol–water partition coefficient (Wildman–Crippen LogP) is 3.78. The molecule has 6 heteroatoms. The summed E-state index contributed by atoms with van der Waals surface area (Å²) in [6, 6.07) is 0. The van der Waals surface area contributed by atoms with E-state index in [4.69, 9.17) is 0 Å². The highest BCUT2D eigenvalue weighted by atomic mass is 32.1. The van der Waals surface area contributed by atoms with Crippen LogP contribution in [0.25, 0.3) is 9.88 Å². The molecule has 0 radical (unpaired) electrons. The molecule has 0 atom stereocenters. The molecule has 0 unspecified atom stereocenters. The third-order valence-electron chi connectivity index (χ3n) is 2.31. The molecule has 1 N–H and O–H groups in total. The maximum absolute atomic E-state index is 4.47. The minimum atomic E-state index is 0.0941. The van der Waals surface area contributed by atoms with Crippen molar-refractivity contribution in [3.63, 3.8) is 0 Å². The Kier molecular flexibility index (Phi) is 3.97. The van der Waals surface area contributed by atoms with Crippen molar-refractivity contribution in [1.29, 1.82) is 0 Å². The fourth-order valence-corrected chi connectivity index (χ4v) is 3.12. The Morgan fingerprint density at radius 3 is 2.61 bits per heavy atom. The molecule has 98 valence electrons. The number of anilines is 1. The van der Waals surface area contributed by atoms with E-state index in [0.29, 0.717) is 0 Å². The van der Waals surface area contributed by atoms with Crippen molar-refractivity contribution in [3.05, 3.63) is 11.2 Å². The van der Waals surface area contributed by atoms with Crippen LogP contribution in [0.4, 0.5) is 5.13 Å². The van der Waals surface area contributed by atoms with Gasteiger partial charge in [0, 0.05) is 18.2 Å². The van der Waals surface area contributed by atoms with E-state index >= 15 is 0 Å². The number of aromatic nitrogens is 3. The monoisotopic (exact) mass is 282 g/mol. The smallest absolute Gasteiger partial charge is 0.206 e. The largest absolute Gasteiger partial charge is 0.360 e. The zero-order valence-electron chi connectivity index (χ0n) is 11.1. The zero-order chi connectivity index (χ0) is 13.2. The van der Waals surface area contributed by atoms with Crippen molar-refractivity contribution >= 4 is 27.8 Å². The van der Waals surface area contributed by atoms with E-state index in [1.807, 2.05) is 6.20 Å². The molecule has 0 bridgehead atoms. The highest BCUT2D eigenvalue weighted by Gasteiger charge is 2.19. The van der Waals surface area contributed by atoms with Crippen LogP contribution in [0, 0.1) is 0 Å². The number of hydrogen-bond donors (Lipinski definition) is 1.